The van der Waals surface area contributed by atoms with E-state index in [0.29, 0.717) is 0 Å². The molecule has 0 unspecified atom stereocenters. The average molecular weight is 209 g/mol. The summed E-state index contributed by atoms with van der Waals surface area (Å²) in [6.07, 6.45) is 1.14. The topological polar surface area (TPSA) is 110 Å². The molecular weight excluding hydrogens is 202 g/mol. The van der Waals surface area contributed by atoms with Gasteiger partial charge in [-0.25, -0.2) is 4.79 Å². The van der Waals surface area contributed by atoms with Crippen molar-refractivity contribution in [3.05, 3.63) is 27.9 Å². The summed E-state index contributed by atoms with van der Waals surface area (Å²) in [4.78, 5) is 24.8. The highest BCUT2D eigenvalue weighted by molar-refractivity contribution is 6.04. The van der Waals surface area contributed by atoms with Crippen LogP contribution in [-0.2, 0) is 11.8 Å². The van der Waals surface area contributed by atoms with Gasteiger partial charge in [0, 0.05) is 12.0 Å². The molecule has 8 nitrogen and oxygen atoms in total. The number of carbonyl (C=O) groups is 2. The monoisotopic (exact) mass is 209 g/mol. The summed E-state index contributed by atoms with van der Waals surface area (Å²) in [5.74, 6) is -1.59. The first-order chi connectivity index (χ1) is 7.11. The molecule has 0 bridgehead atoms. The van der Waals surface area contributed by atoms with Crippen LogP contribution in [0.15, 0.2) is 11.3 Å². The second-order valence-electron chi connectivity index (χ2n) is 2.52. The van der Waals surface area contributed by atoms with Gasteiger partial charge in [-0.15, -0.1) is 0 Å². The number of aromatic nitrogens is 2. The van der Waals surface area contributed by atoms with Crippen molar-refractivity contribution in [3.8, 4) is 0 Å². The molecule has 78 valence electrons. The molecule has 0 radical (unpaired) electrons. The smallest absolute Gasteiger partial charge is 0.357 e. The Morgan fingerprint density at radius 2 is 2.33 bits per heavy atom. The number of carbonyl (C=O) groups excluding carboxylic acids is 2. The lowest BCUT2D eigenvalue weighted by Crippen LogP contribution is -2.12. The van der Waals surface area contributed by atoms with Crippen LogP contribution in [0.3, 0.4) is 0 Å². The zero-order valence-electron chi connectivity index (χ0n) is 8.04. The average Bonchev–Trinajstić information content (AvgIpc) is 2.59. The molecule has 1 aromatic rings. The number of hydrogen-bond donors (Lipinski definition) is 0. The van der Waals surface area contributed by atoms with Crippen molar-refractivity contribution >= 4 is 11.9 Å². The lowest BCUT2D eigenvalue weighted by atomic mass is 10.2. The van der Waals surface area contributed by atoms with Crippen LogP contribution in [0, 0.1) is 0 Å². The molecule has 0 aliphatic rings. The van der Waals surface area contributed by atoms with Gasteiger partial charge in [0.05, 0.1) is 18.9 Å². The molecule has 1 heterocycles. The van der Waals surface area contributed by atoms with E-state index in [2.05, 4.69) is 19.9 Å². The Bertz CT molecular complexity index is 457. The van der Waals surface area contributed by atoms with Crippen LogP contribution in [-0.4, -0.2) is 28.8 Å². The molecule has 0 N–H and O–H groups in total. The molecule has 0 aromatic carbocycles. The first kappa shape index (κ1) is 10.7. The van der Waals surface area contributed by atoms with E-state index in [1.165, 1.54) is 18.8 Å². The van der Waals surface area contributed by atoms with E-state index >= 15 is 0 Å². The molecule has 0 saturated heterocycles. The van der Waals surface area contributed by atoms with Crippen LogP contribution in [0.2, 0.25) is 0 Å². The van der Waals surface area contributed by atoms with E-state index in [1.807, 2.05) is 0 Å². The number of rotatable bonds is 2. The lowest BCUT2D eigenvalue weighted by Gasteiger charge is -2.00. The zero-order chi connectivity index (χ0) is 11.4. The fraction of sp³-hybridized carbons (Fsp3) is 0.286. The van der Waals surface area contributed by atoms with Gasteiger partial charge in [0.25, 0.3) is 5.91 Å². The highest BCUT2D eigenvalue weighted by Crippen LogP contribution is 2.10. The lowest BCUT2D eigenvalue weighted by molar-refractivity contribution is 0.0584. The van der Waals surface area contributed by atoms with Crippen molar-refractivity contribution in [2.45, 2.75) is 0 Å². The van der Waals surface area contributed by atoms with E-state index in [4.69, 9.17) is 5.53 Å². The van der Waals surface area contributed by atoms with E-state index in [1.54, 1.807) is 0 Å². The van der Waals surface area contributed by atoms with Gasteiger partial charge in [0.1, 0.15) is 0 Å². The van der Waals surface area contributed by atoms with Crippen LogP contribution < -0.4 is 0 Å². The normalized spacial score (nSPS) is 9.20. The molecule has 15 heavy (non-hydrogen) atoms. The Hall–Kier alpha value is -2.34. The number of esters is 1. The van der Waals surface area contributed by atoms with Crippen molar-refractivity contribution in [1.29, 1.82) is 0 Å². The number of methoxy groups -OCH3 is 1. The van der Waals surface area contributed by atoms with E-state index < -0.39 is 11.9 Å². The third kappa shape index (κ3) is 1.94. The van der Waals surface area contributed by atoms with Crippen molar-refractivity contribution in [2.24, 2.45) is 12.2 Å². The Morgan fingerprint density at radius 1 is 1.67 bits per heavy atom. The van der Waals surface area contributed by atoms with Gasteiger partial charge in [0.2, 0.25) is 0 Å². The second kappa shape index (κ2) is 4.25. The fourth-order valence-electron chi connectivity index (χ4n) is 1.03. The van der Waals surface area contributed by atoms with E-state index in [-0.39, 0.29) is 11.3 Å². The zero-order valence-corrected chi connectivity index (χ0v) is 8.04. The fourth-order valence-corrected chi connectivity index (χ4v) is 1.03. The Labute approximate surface area is 84.1 Å². The molecular formula is C7H7N5O3. The van der Waals surface area contributed by atoms with E-state index in [9.17, 15) is 9.59 Å². The number of hydrogen-bond acceptors (Lipinski definition) is 4. The standard InChI is InChI=1S/C7H7N5O3/c1-12-5(7(14)15-2)4(3-9-12)6(13)10-11-8/h3H,1-2H3. The van der Waals surface area contributed by atoms with Gasteiger partial charge < -0.3 is 4.74 Å². The van der Waals surface area contributed by atoms with Crippen LogP contribution >= 0.6 is 0 Å². The summed E-state index contributed by atoms with van der Waals surface area (Å²) in [5, 5.41) is 6.57. The molecule has 0 aliphatic heterocycles. The highest BCUT2D eigenvalue weighted by atomic mass is 16.5. The summed E-state index contributed by atoms with van der Waals surface area (Å²) in [5.41, 5.74) is 7.96. The number of nitrogens with zero attached hydrogens (tertiary/aromatic N) is 5. The van der Waals surface area contributed by atoms with Crippen molar-refractivity contribution < 1.29 is 14.3 Å². The largest absolute Gasteiger partial charge is 0.464 e. The maximum Gasteiger partial charge on any atom is 0.357 e. The first-order valence-corrected chi connectivity index (χ1v) is 3.81. The SMILES string of the molecule is COC(=O)c1c(C(=O)N=[N+]=[N-])cnn1C. The quantitative estimate of drug-likeness (QED) is 0.308. The highest BCUT2D eigenvalue weighted by Gasteiger charge is 2.21. The third-order valence-electron chi connectivity index (χ3n) is 1.68. The molecule has 0 saturated carbocycles. The van der Waals surface area contributed by atoms with Crippen LogP contribution in [0.25, 0.3) is 10.4 Å². The molecule has 0 fully saturated rings. The van der Waals surface area contributed by atoms with Crippen molar-refractivity contribution in [2.75, 3.05) is 7.11 Å². The molecule has 1 rings (SSSR count). The van der Waals surface area contributed by atoms with Gasteiger partial charge in [-0.1, -0.05) is 0 Å². The molecule has 0 atom stereocenters. The summed E-state index contributed by atoms with van der Waals surface area (Å²) >= 11 is 0. The Kier molecular flexibility index (Phi) is 3.04. The number of amides is 1. The summed E-state index contributed by atoms with van der Waals surface area (Å²) in [6.45, 7) is 0. The minimum atomic E-state index is -0.869. The molecule has 1 amide bonds. The maximum atomic E-state index is 11.3. The summed E-state index contributed by atoms with van der Waals surface area (Å²) < 4.78 is 5.63. The summed E-state index contributed by atoms with van der Waals surface area (Å²) in [7, 11) is 2.65. The Balaban J connectivity index is 3.25. The second-order valence-corrected chi connectivity index (χ2v) is 2.52. The van der Waals surface area contributed by atoms with Gasteiger partial charge >= 0.3 is 5.97 Å². The van der Waals surface area contributed by atoms with Gasteiger partial charge in [-0.3, -0.25) is 9.48 Å². The molecule has 0 spiro atoms. The van der Waals surface area contributed by atoms with Gasteiger partial charge in [0.15, 0.2) is 5.69 Å². The number of ether oxygens (including phenoxy) is 1. The van der Waals surface area contributed by atoms with Crippen molar-refractivity contribution in [3.63, 3.8) is 0 Å². The predicted octanol–water partition coefficient (Wildman–Crippen LogP) is 0.657. The third-order valence-corrected chi connectivity index (χ3v) is 1.68. The van der Waals surface area contributed by atoms with Crippen LogP contribution in [0.5, 0.6) is 0 Å². The van der Waals surface area contributed by atoms with Crippen LogP contribution in [0.4, 0.5) is 0 Å². The minimum Gasteiger partial charge on any atom is -0.464 e. The molecule has 8 heteroatoms. The number of aryl methyl sites for hydroxylation is 1. The van der Waals surface area contributed by atoms with E-state index in [0.717, 1.165) is 6.20 Å². The summed E-state index contributed by atoms with van der Waals surface area (Å²) in [6, 6.07) is 0. The predicted molar refractivity (Wildman–Crippen MR) is 48.0 cm³/mol. The Morgan fingerprint density at radius 3 is 2.87 bits per heavy atom. The van der Waals surface area contributed by atoms with Gasteiger partial charge in [-0.2, -0.15) is 5.10 Å². The van der Waals surface area contributed by atoms with Crippen molar-refractivity contribution in [1.82, 2.24) is 9.78 Å². The van der Waals surface area contributed by atoms with Crippen LogP contribution in [0.1, 0.15) is 20.8 Å². The first-order valence-electron chi connectivity index (χ1n) is 3.81. The minimum absolute atomic E-state index is 0.0464. The number of azide groups is 1. The van der Waals surface area contributed by atoms with Gasteiger partial charge in [-0.05, 0) is 10.6 Å². The molecule has 0 aliphatic carbocycles. The molecule has 1 aromatic heterocycles. The maximum absolute atomic E-state index is 11.3.